The summed E-state index contributed by atoms with van der Waals surface area (Å²) in [5.41, 5.74) is -0.142. The number of halogens is 2. The lowest BCUT2D eigenvalue weighted by atomic mass is 10.1. The van der Waals surface area contributed by atoms with Gasteiger partial charge in [0.2, 0.25) is 28.4 Å². The first-order chi connectivity index (χ1) is 54.6. The molecule has 0 aliphatic heterocycles. The van der Waals surface area contributed by atoms with E-state index in [0.29, 0.717) is 90.6 Å². The van der Waals surface area contributed by atoms with E-state index < -0.39 is 291 Å². The van der Waals surface area contributed by atoms with Crippen molar-refractivity contribution in [2.45, 2.75) is 60.2 Å². The van der Waals surface area contributed by atoms with Gasteiger partial charge in [-0.15, -0.1) is 40.9 Å². The second-order valence-corrected chi connectivity index (χ2v) is 38.5. The number of aliphatic carboxylic acids is 1. The molecule has 1 unspecified atom stereocenters. The normalized spacial score (nSPS) is 13.5. The lowest BCUT2D eigenvalue weighted by Crippen LogP contribution is -2.32. The molecule has 2 aromatic heterocycles. The maximum Gasteiger partial charge on any atom is 0.327 e. The first-order valence-corrected chi connectivity index (χ1v) is 45.9. The summed E-state index contributed by atoms with van der Waals surface area (Å²) < 4.78 is 350. The van der Waals surface area contributed by atoms with Crippen molar-refractivity contribution in [1.29, 1.82) is 0 Å². The van der Waals surface area contributed by atoms with Crippen LogP contribution in [0, 0.1) is 0 Å². The third-order valence-electron chi connectivity index (χ3n) is 14.9. The fourth-order valence-corrected chi connectivity index (χ4v) is 17.3. The number of azo groups is 4. The van der Waals surface area contributed by atoms with E-state index in [-0.39, 0.29) is 11.4 Å². The molecule has 66 heteroatoms. The van der Waals surface area contributed by atoms with Crippen LogP contribution in [0.1, 0.15) is 0 Å². The van der Waals surface area contributed by atoms with Crippen molar-refractivity contribution in [2.24, 2.45) is 40.9 Å². The van der Waals surface area contributed by atoms with Crippen LogP contribution in [0.25, 0.3) is 21.5 Å². The fourth-order valence-electron chi connectivity index (χ4n) is 9.98. The van der Waals surface area contributed by atoms with Crippen LogP contribution < -0.4 is 27.4 Å². The molecule has 0 fully saturated rings. The molecule has 0 amide bonds. The number of fused-ring (bicyclic) bond motifs is 2. The lowest BCUT2D eigenvalue weighted by molar-refractivity contribution is -0.137. The predicted octanol–water partition coefficient (Wildman–Crippen LogP) is 7.52. The predicted molar refractivity (Wildman–Crippen MR) is 403 cm³/mol. The monoisotopic (exact) mass is 1910 g/mol. The van der Waals surface area contributed by atoms with E-state index in [1.165, 1.54) is 0 Å². The van der Waals surface area contributed by atoms with E-state index in [1.54, 1.807) is 0 Å². The third kappa shape index (κ3) is 20.7. The summed E-state index contributed by atoms with van der Waals surface area (Å²) in [5, 5.41) is 64.0. The smallest absolute Gasteiger partial charge is 0.327 e. The van der Waals surface area contributed by atoms with Crippen LogP contribution in [0.4, 0.5) is 86.1 Å². The van der Waals surface area contributed by atoms with Gasteiger partial charge in [-0.25, -0.2) is 4.79 Å². The second-order valence-electron chi connectivity index (χ2n) is 22.8. The van der Waals surface area contributed by atoms with Gasteiger partial charge in [-0.05, 0) is 131 Å². The van der Waals surface area contributed by atoms with Gasteiger partial charge >= 0.3 is 5.97 Å². The highest BCUT2D eigenvalue weighted by Gasteiger charge is 2.33. The number of thioether (sulfide) groups is 1. The number of hydrogen-bond acceptors (Lipinski definition) is 43. The number of carboxylic acid groups (broad SMARTS) is 1. The number of hydrogen-bond donors (Lipinski definition) is 18. The highest BCUT2D eigenvalue weighted by Crippen LogP contribution is 2.52. The molecule has 20 N–H and O–H groups in total. The van der Waals surface area contributed by atoms with Gasteiger partial charge < -0.3 is 42.7 Å². The number of phenolic OH excluding ortho intramolecular Hbond substituents is 2. The Morgan fingerprint density at radius 1 is 0.370 bits per heavy atom. The molecule has 0 bridgehead atoms. The molecule has 0 radical (unpaired) electrons. The Labute approximate surface area is 677 Å². The van der Waals surface area contributed by atoms with E-state index >= 15 is 0 Å². The number of aromatic nitrogens is 6. The van der Waals surface area contributed by atoms with E-state index in [9.17, 15) is 150 Å². The Morgan fingerprint density at radius 3 is 0.992 bits per heavy atom. The van der Waals surface area contributed by atoms with Crippen LogP contribution >= 0.6 is 35.0 Å². The Bertz CT molecular complexity index is 7480. The molecule has 0 aliphatic carbocycles. The van der Waals surface area contributed by atoms with Crippen LogP contribution in [0.2, 0.25) is 10.6 Å². The van der Waals surface area contributed by atoms with Crippen molar-refractivity contribution in [2.75, 3.05) is 33.2 Å². The minimum absolute atomic E-state index is 0.308. The third-order valence-corrected chi connectivity index (χ3v) is 25.0. The van der Waals surface area contributed by atoms with E-state index in [2.05, 4.69) is 86.8 Å². The molecule has 0 spiro atoms. The van der Waals surface area contributed by atoms with Crippen molar-refractivity contribution in [1.82, 2.24) is 29.9 Å². The van der Waals surface area contributed by atoms with Crippen molar-refractivity contribution < 1.29 is 150 Å². The Kier molecular flexibility index (Phi) is 24.6. The van der Waals surface area contributed by atoms with Crippen LogP contribution in [-0.4, -0.2) is 193 Å². The van der Waals surface area contributed by atoms with Crippen molar-refractivity contribution >= 4 is 250 Å². The minimum atomic E-state index is -5.70. The number of benzene rings is 8. The van der Waals surface area contributed by atoms with Gasteiger partial charge in [0.25, 0.3) is 101 Å². The molecule has 10 aromatic rings. The molecule has 10 rings (SSSR count). The Morgan fingerprint density at radius 2 is 0.664 bits per heavy atom. The maximum absolute atomic E-state index is 12.9. The van der Waals surface area contributed by atoms with Gasteiger partial charge in [0.1, 0.15) is 90.7 Å². The van der Waals surface area contributed by atoms with Crippen LogP contribution in [0.5, 0.6) is 11.5 Å². The van der Waals surface area contributed by atoms with Gasteiger partial charge in [0.15, 0.2) is 16.7 Å². The van der Waals surface area contributed by atoms with Crippen molar-refractivity contribution in [3.05, 3.63) is 108 Å². The van der Waals surface area contributed by atoms with E-state index in [4.69, 9.17) is 34.7 Å². The van der Waals surface area contributed by atoms with Gasteiger partial charge in [-0.1, -0.05) is 11.8 Å². The molecular formula is C53H39Cl2N19O34S11. The number of carboxylic acids is 1. The molecule has 53 nitrogen and oxygen atoms in total. The largest absolute Gasteiger partial charge is 0.505 e. The zero-order valence-electron chi connectivity index (χ0n) is 56.6. The summed E-state index contributed by atoms with van der Waals surface area (Å²) in [6, 6.07) is 6.54. The minimum Gasteiger partial charge on any atom is -0.505 e. The van der Waals surface area contributed by atoms with Gasteiger partial charge in [0, 0.05) is 17.1 Å². The van der Waals surface area contributed by atoms with E-state index in [0.717, 1.165) is 18.2 Å². The van der Waals surface area contributed by atoms with Crippen LogP contribution in [0.15, 0.2) is 192 Å². The summed E-state index contributed by atoms with van der Waals surface area (Å²) >= 11 is 12.9. The maximum atomic E-state index is 12.9. The van der Waals surface area contributed by atoms with E-state index in [1.807, 2.05) is 0 Å². The molecule has 119 heavy (non-hydrogen) atoms. The highest BCUT2D eigenvalue weighted by atomic mass is 35.5. The first kappa shape index (κ1) is 90.1. The number of phenols is 2. The summed E-state index contributed by atoms with van der Waals surface area (Å²) in [6.07, 6.45) is 0. The zero-order valence-corrected chi connectivity index (χ0v) is 67.1. The summed E-state index contributed by atoms with van der Waals surface area (Å²) in [5.74, 6) is -7.11. The fraction of sp³-hybridized carbons (Fsp3) is 0.0377. The summed E-state index contributed by atoms with van der Waals surface area (Å²) in [7, 11) is -54.5. The molecule has 8 aromatic carbocycles. The standard InChI is InChI=1S/C53H39Cl2N19O34S11/c54-48-61-50(58-20-1-5-29(112(85,86)87)24(13-20)67-73-43-35(118(103,104)105)11-18-9-33(116(97,98)99)41(39(56)37(18)45(43)75)71-69-26-15-22(110(79,80)81)3-7-31(26)114(91,92)93)65-52(62-48)60-28(47(77)78)17-109-53-64-49(55)63-51(66-53)59-21-2-6-30(113(88,89)90)25(14-21)68-74-44-36(119(106,107)108)12-19-10-34(117(100,101)102)42(40(57)38(19)46(44)76)72-70-27-16-23(111(82,83)84)4-8-32(27)115(94,95)96/h1-16,28,75-76H,17,56-57H2,(H,77,78)(H,79,80,81)(H,82,83,84)(H,85,86,87)(H,88,89,90)(H,91,92,93)(H,94,95,96)(H,97,98,99)(H,100,101,102)(H,103,104,105)(H,106,107,108)(H,59,63,64,66)(H2,58,60,61,62,65). The molecule has 2 heterocycles. The number of rotatable bonds is 28. The number of nitrogen functional groups attached to an aromatic ring is 2. The zero-order chi connectivity index (χ0) is 88.5. The average molecular weight is 1910 g/mol. The first-order valence-electron chi connectivity index (χ1n) is 29.8. The number of aromatic hydroxyl groups is 2. The number of nitrogens with two attached hydrogens (primary N) is 2. The van der Waals surface area contributed by atoms with Crippen molar-refractivity contribution in [3.63, 3.8) is 0 Å². The molecule has 630 valence electrons. The van der Waals surface area contributed by atoms with Gasteiger partial charge in [0.05, 0.1) is 31.9 Å². The molecule has 0 aliphatic rings. The topological polar surface area (TPSA) is 886 Å². The van der Waals surface area contributed by atoms with Crippen LogP contribution in [0.3, 0.4) is 0 Å². The number of carbonyl (C=O) groups is 1. The summed E-state index contributed by atoms with van der Waals surface area (Å²) in [4.78, 5) is 23.6. The van der Waals surface area contributed by atoms with Crippen molar-refractivity contribution in [3.8, 4) is 11.5 Å². The molecule has 0 saturated heterocycles. The second kappa shape index (κ2) is 32.5. The number of nitrogens with one attached hydrogen (secondary N) is 3. The quantitative estimate of drug-likeness (QED) is 0.00975. The average Bonchev–Trinajstić information content (AvgIpc) is 0.741. The number of nitrogens with zero attached hydrogens (tertiary/aromatic N) is 14. The Balaban J connectivity index is 0.925. The SMILES string of the molecule is Nc1c(N=Nc2cc(S(=O)(=O)O)ccc2S(=O)(=O)O)c(S(=O)(=O)O)cc2cc(S(=O)(=O)O)c(N=Nc3cc(Nc4nc(Cl)nc(NC(CSc5nc(Cl)nc(Nc6ccc(S(=O)(=O)O)c(N=Nc7c(S(=O)(=O)O)cc8cc(S(=O)(=O)O)c(N=Nc9cc(S(=O)(=O)O)ccc9S(=O)(=O)O)c(N)c8c7O)c6)n5)C(=O)O)n4)ccc3S(=O)(=O)O)c(O)c12. The molecule has 0 saturated carbocycles. The van der Waals surface area contributed by atoms with Gasteiger partial charge in [-0.2, -0.15) is 114 Å². The highest BCUT2D eigenvalue weighted by molar-refractivity contribution is 7.99. The van der Waals surface area contributed by atoms with Crippen LogP contribution in [-0.2, 0) is 106 Å². The lowest BCUT2D eigenvalue weighted by Gasteiger charge is -2.15. The molecular weight excluding hydrogens is 1870 g/mol. The van der Waals surface area contributed by atoms with Gasteiger partial charge in [-0.3, -0.25) is 45.5 Å². The Hall–Kier alpha value is -11.2. The molecule has 1 atom stereocenters. The summed E-state index contributed by atoms with van der Waals surface area (Å²) in [6.45, 7) is 0. The number of anilines is 7.